The van der Waals surface area contributed by atoms with E-state index in [0.717, 1.165) is 0 Å². The van der Waals surface area contributed by atoms with Gasteiger partial charge in [0, 0.05) is 12.8 Å². The van der Waals surface area contributed by atoms with Crippen LogP contribution in [0, 0.1) is 12.3 Å². The first-order chi connectivity index (χ1) is 6.18. The molecule has 0 aliphatic carbocycles. The molecule has 0 saturated carbocycles. The van der Waals surface area contributed by atoms with Crippen molar-refractivity contribution in [2.75, 3.05) is 13.2 Å². The van der Waals surface area contributed by atoms with E-state index in [4.69, 9.17) is 27.5 Å². The molecule has 0 spiro atoms. The van der Waals surface area contributed by atoms with Crippen molar-refractivity contribution in [1.82, 2.24) is 0 Å². The molecule has 1 fully saturated rings. The highest BCUT2D eigenvalue weighted by Gasteiger charge is 2.33. The normalized spacial score (nSPS) is 19.7. The van der Waals surface area contributed by atoms with E-state index in [1.807, 2.05) is 0 Å². The van der Waals surface area contributed by atoms with E-state index in [-0.39, 0.29) is 5.24 Å². The molecule has 1 aliphatic rings. The molecule has 0 aromatic heterocycles. The van der Waals surface area contributed by atoms with Crippen LogP contribution in [0.15, 0.2) is 0 Å². The summed E-state index contributed by atoms with van der Waals surface area (Å²) >= 11 is 5.18. The van der Waals surface area contributed by atoms with E-state index < -0.39 is 5.79 Å². The Kier molecular flexibility index (Phi) is 3.73. The Bertz CT molecular complexity index is 226. The lowest BCUT2D eigenvalue weighted by Gasteiger charge is -2.19. The molecule has 1 saturated heterocycles. The van der Waals surface area contributed by atoms with Crippen molar-refractivity contribution in [3.63, 3.8) is 0 Å². The van der Waals surface area contributed by atoms with Crippen molar-refractivity contribution in [3.8, 4) is 12.3 Å². The first-order valence-electron chi connectivity index (χ1n) is 4.12. The van der Waals surface area contributed by atoms with Gasteiger partial charge in [-0.2, -0.15) is 0 Å². The molecule has 1 aliphatic heterocycles. The highest BCUT2D eigenvalue weighted by Crippen LogP contribution is 2.24. The second kappa shape index (κ2) is 4.61. The molecule has 0 aromatic rings. The van der Waals surface area contributed by atoms with Gasteiger partial charge in [0.1, 0.15) is 0 Å². The SMILES string of the molecule is C#CC1(CCCC(=O)Cl)OCCO1. The van der Waals surface area contributed by atoms with Crippen LogP contribution in [-0.4, -0.2) is 24.2 Å². The molecule has 1 heterocycles. The van der Waals surface area contributed by atoms with Crippen LogP contribution in [0.3, 0.4) is 0 Å². The molecule has 0 amide bonds. The molecule has 1 rings (SSSR count). The summed E-state index contributed by atoms with van der Waals surface area (Å²) in [6.45, 7) is 1.03. The van der Waals surface area contributed by atoms with Crippen LogP contribution in [0.5, 0.6) is 0 Å². The molecule has 72 valence electrons. The molecule has 0 radical (unpaired) electrons. The third kappa shape index (κ3) is 3.00. The van der Waals surface area contributed by atoms with Crippen molar-refractivity contribution in [2.45, 2.75) is 25.0 Å². The Morgan fingerprint density at radius 1 is 1.54 bits per heavy atom. The molecule has 0 bridgehead atoms. The van der Waals surface area contributed by atoms with Gasteiger partial charge >= 0.3 is 0 Å². The number of hydrogen-bond acceptors (Lipinski definition) is 3. The minimum atomic E-state index is -0.910. The van der Waals surface area contributed by atoms with Gasteiger partial charge in [-0.1, -0.05) is 0 Å². The van der Waals surface area contributed by atoms with Gasteiger partial charge in [-0.05, 0) is 23.9 Å². The van der Waals surface area contributed by atoms with Gasteiger partial charge in [-0.3, -0.25) is 4.79 Å². The van der Waals surface area contributed by atoms with Crippen molar-refractivity contribution >= 4 is 16.8 Å². The Hall–Kier alpha value is -0.560. The smallest absolute Gasteiger partial charge is 0.233 e. The standard InChI is InChI=1S/C9H11ClO3/c1-2-9(12-6-7-13-9)5-3-4-8(10)11/h1H,3-7H2. The van der Waals surface area contributed by atoms with Crippen LogP contribution in [0.25, 0.3) is 0 Å². The summed E-state index contributed by atoms with van der Waals surface area (Å²) in [4.78, 5) is 10.4. The fourth-order valence-corrected chi connectivity index (χ4v) is 1.35. The Labute approximate surface area is 82.3 Å². The van der Waals surface area contributed by atoms with Gasteiger partial charge in [0.2, 0.25) is 11.0 Å². The summed E-state index contributed by atoms with van der Waals surface area (Å²) in [5.41, 5.74) is 0. The zero-order chi connectivity index (χ0) is 9.73. The van der Waals surface area contributed by atoms with Crippen molar-refractivity contribution in [1.29, 1.82) is 0 Å². The number of hydrogen-bond donors (Lipinski definition) is 0. The van der Waals surface area contributed by atoms with E-state index in [9.17, 15) is 4.79 Å². The van der Waals surface area contributed by atoms with Gasteiger partial charge in [-0.15, -0.1) is 6.42 Å². The summed E-state index contributed by atoms with van der Waals surface area (Å²) in [5.74, 6) is 1.54. The predicted molar refractivity (Wildman–Crippen MR) is 48.2 cm³/mol. The first-order valence-corrected chi connectivity index (χ1v) is 4.50. The third-order valence-corrected chi connectivity index (χ3v) is 2.04. The predicted octanol–water partition coefficient (Wildman–Crippen LogP) is 1.30. The van der Waals surface area contributed by atoms with Crippen molar-refractivity contribution < 1.29 is 14.3 Å². The topological polar surface area (TPSA) is 35.5 Å². The highest BCUT2D eigenvalue weighted by molar-refractivity contribution is 6.63. The molecule has 0 aromatic carbocycles. The van der Waals surface area contributed by atoms with E-state index in [2.05, 4.69) is 5.92 Å². The second-order valence-corrected chi connectivity index (χ2v) is 3.22. The number of halogens is 1. The van der Waals surface area contributed by atoms with E-state index in [1.165, 1.54) is 0 Å². The number of carbonyl (C=O) groups excluding carboxylic acids is 1. The molecule has 0 N–H and O–H groups in total. The van der Waals surface area contributed by atoms with Crippen LogP contribution in [-0.2, 0) is 14.3 Å². The summed E-state index contributed by atoms with van der Waals surface area (Å²) in [6, 6.07) is 0. The van der Waals surface area contributed by atoms with Gasteiger partial charge in [0.05, 0.1) is 13.2 Å². The van der Waals surface area contributed by atoms with E-state index >= 15 is 0 Å². The average Bonchev–Trinajstić information content (AvgIpc) is 2.53. The number of carbonyl (C=O) groups is 1. The largest absolute Gasteiger partial charge is 0.337 e. The molecular formula is C9H11ClO3. The number of rotatable bonds is 4. The molecule has 0 atom stereocenters. The maximum atomic E-state index is 10.4. The minimum Gasteiger partial charge on any atom is -0.337 e. The lowest BCUT2D eigenvalue weighted by atomic mass is 10.1. The third-order valence-electron chi connectivity index (χ3n) is 1.85. The number of ether oxygens (including phenoxy) is 2. The fourth-order valence-electron chi connectivity index (χ4n) is 1.21. The molecule has 13 heavy (non-hydrogen) atoms. The lowest BCUT2D eigenvalue weighted by molar-refractivity contribution is -0.118. The summed E-state index contributed by atoms with van der Waals surface area (Å²) < 4.78 is 10.5. The average molecular weight is 203 g/mol. The second-order valence-electron chi connectivity index (χ2n) is 2.80. The Balaban J connectivity index is 2.33. The summed E-state index contributed by atoms with van der Waals surface area (Å²) in [7, 11) is 0. The fraction of sp³-hybridized carbons (Fsp3) is 0.667. The van der Waals surface area contributed by atoms with Crippen LogP contribution in [0.1, 0.15) is 19.3 Å². The van der Waals surface area contributed by atoms with Gasteiger partial charge < -0.3 is 9.47 Å². The Morgan fingerprint density at radius 3 is 2.62 bits per heavy atom. The number of terminal acetylenes is 1. The minimum absolute atomic E-state index is 0.303. The monoisotopic (exact) mass is 202 g/mol. The van der Waals surface area contributed by atoms with Crippen molar-refractivity contribution in [3.05, 3.63) is 0 Å². The quantitative estimate of drug-likeness (QED) is 0.509. The van der Waals surface area contributed by atoms with E-state index in [1.54, 1.807) is 0 Å². The maximum Gasteiger partial charge on any atom is 0.233 e. The lowest BCUT2D eigenvalue weighted by Crippen LogP contribution is -2.27. The molecule has 3 nitrogen and oxygen atoms in total. The van der Waals surface area contributed by atoms with Gasteiger partial charge in [0.15, 0.2) is 0 Å². The van der Waals surface area contributed by atoms with E-state index in [0.29, 0.717) is 32.5 Å². The van der Waals surface area contributed by atoms with Gasteiger partial charge in [0.25, 0.3) is 0 Å². The van der Waals surface area contributed by atoms with Crippen molar-refractivity contribution in [2.24, 2.45) is 0 Å². The molecule has 4 heteroatoms. The maximum absolute atomic E-state index is 10.4. The van der Waals surface area contributed by atoms with Crippen LogP contribution in [0.4, 0.5) is 0 Å². The van der Waals surface area contributed by atoms with Crippen LogP contribution >= 0.6 is 11.6 Å². The summed E-state index contributed by atoms with van der Waals surface area (Å²) in [5, 5.41) is -0.356. The Morgan fingerprint density at radius 2 is 2.15 bits per heavy atom. The molecular weight excluding hydrogens is 192 g/mol. The highest BCUT2D eigenvalue weighted by atomic mass is 35.5. The summed E-state index contributed by atoms with van der Waals surface area (Å²) in [6.07, 6.45) is 6.68. The zero-order valence-corrected chi connectivity index (χ0v) is 7.97. The zero-order valence-electron chi connectivity index (χ0n) is 7.22. The van der Waals surface area contributed by atoms with Crippen LogP contribution < -0.4 is 0 Å². The van der Waals surface area contributed by atoms with Gasteiger partial charge in [-0.25, -0.2) is 0 Å². The first kappa shape index (κ1) is 10.5. The van der Waals surface area contributed by atoms with Crippen LogP contribution in [0.2, 0.25) is 0 Å². The molecule has 0 unspecified atom stereocenters.